The standard InChI is InChI=1S/C23H20ClN7O4/c1-12(18(14-8-26-30(2)10-14)17-6-15(24)5-4-13(17)7-25)21-29-19(20(32)23(34)31(21)3)22(33)28-16-9-27-35-11-16/h4-6,8-12,18,32H,1-3H3,(H,28,33)/t12-,18-/m0/s1. The molecular formula is C23H20ClN7O4. The Bertz CT molecular complexity index is 1500. The molecule has 0 aliphatic carbocycles. The molecule has 0 saturated heterocycles. The SMILES string of the molecule is C[C@H](c1nc(C(=O)Nc2cnoc2)c(O)c(=O)n1C)[C@@H](c1cnn(C)c1)c1cc(Cl)ccc1C#N. The zero-order valence-electron chi connectivity index (χ0n) is 18.9. The molecule has 2 atom stereocenters. The minimum absolute atomic E-state index is 0.209. The molecule has 0 unspecified atom stereocenters. The van der Waals surface area contributed by atoms with Gasteiger partial charge in [-0.3, -0.25) is 18.8 Å². The maximum atomic E-state index is 12.9. The summed E-state index contributed by atoms with van der Waals surface area (Å²) in [4.78, 5) is 30.1. The van der Waals surface area contributed by atoms with Crippen LogP contribution in [-0.4, -0.2) is 35.5 Å². The number of halogens is 1. The Morgan fingerprint density at radius 3 is 2.71 bits per heavy atom. The van der Waals surface area contributed by atoms with Gasteiger partial charge in [0, 0.05) is 37.2 Å². The Morgan fingerprint density at radius 1 is 1.31 bits per heavy atom. The Hall–Kier alpha value is -4.43. The van der Waals surface area contributed by atoms with Crippen molar-refractivity contribution in [3.05, 3.63) is 86.6 Å². The van der Waals surface area contributed by atoms with Crippen LogP contribution < -0.4 is 10.9 Å². The van der Waals surface area contributed by atoms with Crippen LogP contribution in [-0.2, 0) is 14.1 Å². The molecule has 3 aromatic heterocycles. The summed E-state index contributed by atoms with van der Waals surface area (Å²) in [5.74, 6) is -2.45. The largest absolute Gasteiger partial charge is 0.501 e. The number of aromatic nitrogens is 5. The van der Waals surface area contributed by atoms with Crippen molar-refractivity contribution in [3.8, 4) is 11.8 Å². The minimum atomic E-state index is -0.810. The lowest BCUT2D eigenvalue weighted by molar-refractivity contribution is 0.101. The second-order valence-corrected chi connectivity index (χ2v) is 8.39. The van der Waals surface area contributed by atoms with Gasteiger partial charge in [0.1, 0.15) is 17.8 Å². The van der Waals surface area contributed by atoms with Gasteiger partial charge in [-0.05, 0) is 29.3 Å². The Kier molecular flexibility index (Phi) is 6.40. The summed E-state index contributed by atoms with van der Waals surface area (Å²) in [5.41, 5.74) is 0.734. The molecule has 0 spiro atoms. The summed E-state index contributed by atoms with van der Waals surface area (Å²) in [5, 5.41) is 30.8. The molecular weight excluding hydrogens is 474 g/mol. The van der Waals surface area contributed by atoms with E-state index in [1.165, 1.54) is 24.1 Å². The van der Waals surface area contributed by atoms with Crippen LogP contribution in [0.5, 0.6) is 5.75 Å². The third-order valence-electron chi connectivity index (χ3n) is 5.67. The van der Waals surface area contributed by atoms with Gasteiger partial charge in [0.15, 0.2) is 5.69 Å². The van der Waals surface area contributed by atoms with E-state index < -0.39 is 34.7 Å². The quantitative estimate of drug-likeness (QED) is 0.416. The van der Waals surface area contributed by atoms with E-state index in [1.54, 1.807) is 49.2 Å². The highest BCUT2D eigenvalue weighted by molar-refractivity contribution is 6.30. The topological polar surface area (TPSA) is 152 Å². The molecule has 0 fully saturated rings. The van der Waals surface area contributed by atoms with Gasteiger partial charge in [-0.2, -0.15) is 10.4 Å². The minimum Gasteiger partial charge on any atom is -0.501 e. The number of rotatable bonds is 6. The normalized spacial score (nSPS) is 12.7. The van der Waals surface area contributed by atoms with E-state index in [2.05, 4.69) is 26.6 Å². The van der Waals surface area contributed by atoms with Gasteiger partial charge in [0.2, 0.25) is 5.75 Å². The maximum absolute atomic E-state index is 12.9. The number of nitriles is 1. The molecule has 0 radical (unpaired) electrons. The molecule has 12 heteroatoms. The van der Waals surface area contributed by atoms with E-state index in [0.29, 0.717) is 16.1 Å². The van der Waals surface area contributed by atoms with Crippen LogP contribution in [0, 0.1) is 11.3 Å². The van der Waals surface area contributed by atoms with Gasteiger partial charge in [0.05, 0.1) is 24.0 Å². The van der Waals surface area contributed by atoms with E-state index in [-0.39, 0.29) is 11.5 Å². The van der Waals surface area contributed by atoms with Crippen molar-refractivity contribution >= 4 is 23.2 Å². The van der Waals surface area contributed by atoms with Crippen LogP contribution in [0.25, 0.3) is 0 Å². The number of hydrogen-bond acceptors (Lipinski definition) is 8. The fourth-order valence-corrected chi connectivity index (χ4v) is 4.19. The van der Waals surface area contributed by atoms with Crippen molar-refractivity contribution in [2.75, 3.05) is 5.32 Å². The molecule has 4 aromatic rings. The van der Waals surface area contributed by atoms with Crippen molar-refractivity contribution in [2.45, 2.75) is 18.8 Å². The predicted molar refractivity (Wildman–Crippen MR) is 125 cm³/mol. The number of aryl methyl sites for hydroxylation is 1. The summed E-state index contributed by atoms with van der Waals surface area (Å²) in [6.45, 7) is 1.81. The van der Waals surface area contributed by atoms with Crippen molar-refractivity contribution in [1.82, 2.24) is 24.5 Å². The molecule has 11 nitrogen and oxygen atoms in total. The van der Waals surface area contributed by atoms with Crippen LogP contribution in [0.15, 0.2) is 52.4 Å². The Morgan fingerprint density at radius 2 is 2.09 bits per heavy atom. The molecule has 4 rings (SSSR count). The molecule has 3 heterocycles. The number of hydrogen-bond donors (Lipinski definition) is 2. The first kappa shape index (κ1) is 23.7. The lowest BCUT2D eigenvalue weighted by atomic mass is 9.80. The van der Waals surface area contributed by atoms with E-state index >= 15 is 0 Å². The monoisotopic (exact) mass is 493 g/mol. The number of nitrogens with one attached hydrogen (secondary N) is 1. The van der Waals surface area contributed by atoms with Gasteiger partial charge in [-0.15, -0.1) is 0 Å². The van der Waals surface area contributed by atoms with E-state index in [9.17, 15) is 20.0 Å². The van der Waals surface area contributed by atoms with Crippen LogP contribution in [0.4, 0.5) is 5.69 Å². The van der Waals surface area contributed by atoms with E-state index in [0.717, 1.165) is 5.56 Å². The number of carbonyl (C=O) groups excluding carboxylic acids is 1. The van der Waals surface area contributed by atoms with E-state index in [4.69, 9.17) is 16.1 Å². The van der Waals surface area contributed by atoms with Gasteiger partial charge >= 0.3 is 0 Å². The average molecular weight is 494 g/mol. The molecule has 178 valence electrons. The molecule has 1 aromatic carbocycles. The number of amides is 1. The Balaban J connectivity index is 1.87. The second-order valence-electron chi connectivity index (χ2n) is 7.96. The zero-order valence-corrected chi connectivity index (χ0v) is 19.7. The molecule has 1 amide bonds. The van der Waals surface area contributed by atoms with Crippen LogP contribution in [0.3, 0.4) is 0 Å². The zero-order chi connectivity index (χ0) is 25.3. The molecule has 35 heavy (non-hydrogen) atoms. The van der Waals surface area contributed by atoms with Gasteiger partial charge in [-0.1, -0.05) is 23.7 Å². The molecule has 0 bridgehead atoms. The first-order chi connectivity index (χ1) is 16.7. The van der Waals surface area contributed by atoms with Gasteiger partial charge in [0.25, 0.3) is 11.5 Å². The van der Waals surface area contributed by atoms with Crippen molar-refractivity contribution in [3.63, 3.8) is 0 Å². The molecule has 2 N–H and O–H groups in total. The van der Waals surface area contributed by atoms with Crippen molar-refractivity contribution in [1.29, 1.82) is 5.26 Å². The number of carbonyl (C=O) groups is 1. The number of anilines is 1. The summed E-state index contributed by atoms with van der Waals surface area (Å²) >= 11 is 6.27. The summed E-state index contributed by atoms with van der Waals surface area (Å²) in [7, 11) is 3.21. The molecule has 0 aliphatic heterocycles. The van der Waals surface area contributed by atoms with Crippen LogP contribution in [0.2, 0.25) is 5.02 Å². The second kappa shape index (κ2) is 9.44. The summed E-state index contributed by atoms with van der Waals surface area (Å²) in [6, 6.07) is 7.11. The lowest BCUT2D eigenvalue weighted by Crippen LogP contribution is -2.29. The molecule has 0 saturated carbocycles. The smallest absolute Gasteiger partial charge is 0.296 e. The van der Waals surface area contributed by atoms with Crippen LogP contribution >= 0.6 is 11.6 Å². The van der Waals surface area contributed by atoms with Gasteiger partial charge < -0.3 is 14.9 Å². The fraction of sp³-hybridized carbons (Fsp3) is 0.217. The molecule has 0 aliphatic rings. The third-order valence-corrected chi connectivity index (χ3v) is 5.90. The fourth-order valence-electron chi connectivity index (χ4n) is 4.01. The summed E-state index contributed by atoms with van der Waals surface area (Å²) < 4.78 is 7.49. The summed E-state index contributed by atoms with van der Waals surface area (Å²) in [6.07, 6.45) is 5.91. The predicted octanol–water partition coefficient (Wildman–Crippen LogP) is 2.92. The first-order valence-corrected chi connectivity index (χ1v) is 10.8. The number of aromatic hydroxyl groups is 1. The maximum Gasteiger partial charge on any atom is 0.296 e. The Labute approximate surface area is 204 Å². The number of nitrogens with zero attached hydrogens (tertiary/aromatic N) is 6. The average Bonchev–Trinajstić information content (AvgIpc) is 3.49. The van der Waals surface area contributed by atoms with Crippen molar-refractivity contribution < 1.29 is 14.4 Å². The highest BCUT2D eigenvalue weighted by atomic mass is 35.5. The van der Waals surface area contributed by atoms with Gasteiger partial charge in [-0.25, -0.2) is 4.98 Å². The first-order valence-electron chi connectivity index (χ1n) is 10.4. The highest BCUT2D eigenvalue weighted by Gasteiger charge is 2.31. The lowest BCUT2D eigenvalue weighted by Gasteiger charge is -2.26. The number of benzene rings is 1. The third kappa shape index (κ3) is 4.51. The van der Waals surface area contributed by atoms with Crippen LogP contribution in [0.1, 0.15) is 51.8 Å². The van der Waals surface area contributed by atoms with E-state index in [1.807, 2.05) is 0 Å². The van der Waals surface area contributed by atoms with Crippen molar-refractivity contribution in [2.24, 2.45) is 14.1 Å². The highest BCUT2D eigenvalue weighted by Crippen LogP contribution is 2.39.